The Morgan fingerprint density at radius 2 is 1.92 bits per heavy atom. The van der Waals surface area contributed by atoms with E-state index in [2.05, 4.69) is 46.7 Å². The molecule has 0 bridgehead atoms. The van der Waals surface area contributed by atoms with Gasteiger partial charge in [0.25, 0.3) is 0 Å². The van der Waals surface area contributed by atoms with Crippen molar-refractivity contribution in [2.45, 2.75) is 43.7 Å². The first kappa shape index (κ1) is 20.1. The van der Waals surface area contributed by atoms with E-state index in [0.717, 1.165) is 18.0 Å². The Morgan fingerprint density at radius 3 is 2.65 bits per heavy atom. The van der Waals surface area contributed by atoms with Crippen molar-refractivity contribution in [2.75, 3.05) is 53.4 Å². The predicted molar refractivity (Wildman–Crippen MR) is 111 cm³/mol. The van der Waals surface area contributed by atoms with Crippen molar-refractivity contribution < 1.29 is 0 Å². The van der Waals surface area contributed by atoms with E-state index in [0.29, 0.717) is 6.04 Å². The monoisotopic (exact) mass is 378 g/mol. The number of likely N-dealkylation sites (N-methyl/N-ethyl adjacent to an activating group) is 2. The van der Waals surface area contributed by atoms with Gasteiger partial charge in [-0.1, -0.05) is 42.6 Å². The molecule has 0 amide bonds. The summed E-state index contributed by atoms with van der Waals surface area (Å²) in [5, 5.41) is 8.42. The minimum absolute atomic E-state index is 0.0512. The van der Waals surface area contributed by atoms with Gasteiger partial charge in [-0.25, -0.2) is 0 Å². The van der Waals surface area contributed by atoms with Gasteiger partial charge in [-0.3, -0.25) is 0 Å². The fraction of sp³-hybridized carbons (Fsp3) is 0.714. The van der Waals surface area contributed by atoms with Crippen LogP contribution in [-0.2, 0) is 5.54 Å². The third-order valence-electron chi connectivity index (χ3n) is 6.35. The second-order valence-electron chi connectivity index (χ2n) is 7.95. The van der Waals surface area contributed by atoms with Gasteiger partial charge in [-0.05, 0) is 58.1 Å². The summed E-state index contributed by atoms with van der Waals surface area (Å²) in [6.45, 7) is 7.09. The van der Waals surface area contributed by atoms with Crippen LogP contribution in [0.2, 0.25) is 5.02 Å². The summed E-state index contributed by atoms with van der Waals surface area (Å²) in [6, 6.07) is 8.79. The molecule has 3 rings (SSSR count). The molecule has 1 heterocycles. The quantitative estimate of drug-likeness (QED) is 0.714. The fourth-order valence-corrected chi connectivity index (χ4v) is 4.98. The molecule has 1 aromatic rings. The molecule has 1 aliphatic carbocycles. The normalized spacial score (nSPS) is 28.3. The van der Waals surface area contributed by atoms with Crippen LogP contribution in [0.3, 0.4) is 0 Å². The number of piperazine rings is 1. The van der Waals surface area contributed by atoms with Crippen LogP contribution in [-0.4, -0.2) is 69.2 Å². The highest BCUT2D eigenvalue weighted by atomic mass is 35.5. The van der Waals surface area contributed by atoms with E-state index < -0.39 is 0 Å². The number of hydrogen-bond acceptors (Lipinski definition) is 4. The molecule has 2 atom stereocenters. The van der Waals surface area contributed by atoms with Crippen molar-refractivity contribution in [3.63, 3.8) is 0 Å². The fourth-order valence-electron chi connectivity index (χ4n) is 4.68. The maximum absolute atomic E-state index is 6.59. The minimum atomic E-state index is -0.0512. The van der Waals surface area contributed by atoms with E-state index in [9.17, 15) is 0 Å². The molecule has 2 aliphatic rings. The molecule has 26 heavy (non-hydrogen) atoms. The number of halogens is 1. The molecule has 0 radical (unpaired) electrons. The number of benzene rings is 1. The van der Waals surface area contributed by atoms with Crippen molar-refractivity contribution in [3.05, 3.63) is 34.9 Å². The van der Waals surface area contributed by atoms with Gasteiger partial charge in [-0.15, -0.1) is 0 Å². The molecule has 146 valence electrons. The van der Waals surface area contributed by atoms with Crippen molar-refractivity contribution in [2.24, 2.45) is 0 Å². The zero-order valence-corrected chi connectivity index (χ0v) is 17.2. The maximum atomic E-state index is 6.59. The first-order valence-corrected chi connectivity index (χ1v) is 10.6. The third kappa shape index (κ3) is 4.60. The molecule has 1 saturated carbocycles. The van der Waals surface area contributed by atoms with Crippen LogP contribution in [0.25, 0.3) is 0 Å². The van der Waals surface area contributed by atoms with Gasteiger partial charge in [0.2, 0.25) is 0 Å². The van der Waals surface area contributed by atoms with Crippen LogP contribution >= 0.6 is 11.6 Å². The SMILES string of the molecule is CN[C@@]1(c2ccccc2Cl)CCCC[C@@H]1NCCCN1CCN(C)CC1. The van der Waals surface area contributed by atoms with E-state index in [4.69, 9.17) is 11.6 Å². The van der Waals surface area contributed by atoms with Crippen LogP contribution < -0.4 is 10.6 Å². The summed E-state index contributed by atoms with van der Waals surface area (Å²) in [6.07, 6.45) is 6.11. The molecule has 1 aliphatic heterocycles. The van der Waals surface area contributed by atoms with Crippen LogP contribution in [0.15, 0.2) is 24.3 Å². The first-order valence-electron chi connectivity index (χ1n) is 10.2. The Balaban J connectivity index is 1.57. The van der Waals surface area contributed by atoms with Gasteiger partial charge in [0.15, 0.2) is 0 Å². The molecular formula is C21H35ClN4. The Morgan fingerprint density at radius 1 is 1.15 bits per heavy atom. The largest absolute Gasteiger partial charge is 0.312 e. The zero-order valence-electron chi connectivity index (χ0n) is 16.4. The Hall–Kier alpha value is -0.650. The van der Waals surface area contributed by atoms with Crippen LogP contribution in [0.1, 0.15) is 37.7 Å². The second-order valence-corrected chi connectivity index (χ2v) is 8.36. The Kier molecular flexibility index (Phi) is 7.35. The lowest BCUT2D eigenvalue weighted by Crippen LogP contribution is -2.58. The van der Waals surface area contributed by atoms with E-state index in [1.165, 1.54) is 64.0 Å². The smallest absolute Gasteiger partial charge is 0.0602 e. The average molecular weight is 379 g/mol. The summed E-state index contributed by atoms with van der Waals surface area (Å²) in [5.74, 6) is 0. The zero-order chi connectivity index (χ0) is 18.4. The molecular weight excluding hydrogens is 344 g/mol. The van der Waals surface area contributed by atoms with Gasteiger partial charge >= 0.3 is 0 Å². The highest BCUT2D eigenvalue weighted by molar-refractivity contribution is 6.31. The van der Waals surface area contributed by atoms with Crippen LogP contribution in [0, 0.1) is 0 Å². The molecule has 0 aromatic heterocycles. The highest BCUT2D eigenvalue weighted by Crippen LogP contribution is 2.40. The van der Waals surface area contributed by atoms with E-state index in [1.807, 2.05) is 12.1 Å². The van der Waals surface area contributed by atoms with Crippen molar-refractivity contribution >= 4 is 11.6 Å². The molecule has 2 fully saturated rings. The molecule has 1 saturated heterocycles. The van der Waals surface area contributed by atoms with Crippen molar-refractivity contribution in [1.29, 1.82) is 0 Å². The molecule has 1 aromatic carbocycles. The van der Waals surface area contributed by atoms with Gasteiger partial charge in [0.05, 0.1) is 5.54 Å². The molecule has 0 spiro atoms. The Bertz CT molecular complexity index is 559. The van der Waals surface area contributed by atoms with E-state index in [1.54, 1.807) is 0 Å². The van der Waals surface area contributed by atoms with Crippen molar-refractivity contribution in [1.82, 2.24) is 20.4 Å². The number of nitrogens with one attached hydrogen (secondary N) is 2. The summed E-state index contributed by atoms with van der Waals surface area (Å²) in [7, 11) is 4.31. The molecule has 0 unspecified atom stereocenters. The molecule has 5 heteroatoms. The van der Waals surface area contributed by atoms with Gasteiger partial charge < -0.3 is 20.4 Å². The number of hydrogen-bond donors (Lipinski definition) is 2. The van der Waals surface area contributed by atoms with Crippen molar-refractivity contribution in [3.8, 4) is 0 Å². The summed E-state index contributed by atoms with van der Waals surface area (Å²) >= 11 is 6.59. The van der Waals surface area contributed by atoms with Gasteiger partial charge in [-0.2, -0.15) is 0 Å². The van der Waals surface area contributed by atoms with Gasteiger partial charge in [0.1, 0.15) is 0 Å². The average Bonchev–Trinajstić information content (AvgIpc) is 2.67. The molecule has 4 nitrogen and oxygen atoms in total. The third-order valence-corrected chi connectivity index (χ3v) is 6.68. The summed E-state index contributed by atoms with van der Waals surface area (Å²) in [4.78, 5) is 5.02. The Labute approximate surface area is 164 Å². The lowest BCUT2D eigenvalue weighted by Gasteiger charge is -2.45. The number of rotatable bonds is 7. The lowest BCUT2D eigenvalue weighted by atomic mass is 9.72. The van der Waals surface area contributed by atoms with Gasteiger partial charge in [0, 0.05) is 37.2 Å². The second kappa shape index (κ2) is 9.52. The maximum Gasteiger partial charge on any atom is 0.0602 e. The number of nitrogens with zero attached hydrogens (tertiary/aromatic N) is 2. The first-order chi connectivity index (χ1) is 12.7. The van der Waals surface area contributed by atoms with Crippen LogP contribution in [0.5, 0.6) is 0 Å². The minimum Gasteiger partial charge on any atom is -0.312 e. The predicted octanol–water partition coefficient (Wildman–Crippen LogP) is 2.92. The van der Waals surface area contributed by atoms with E-state index >= 15 is 0 Å². The topological polar surface area (TPSA) is 30.5 Å². The highest BCUT2D eigenvalue weighted by Gasteiger charge is 2.41. The van der Waals surface area contributed by atoms with E-state index in [-0.39, 0.29) is 5.54 Å². The lowest BCUT2D eigenvalue weighted by molar-refractivity contribution is 0.147. The standard InChI is InChI=1S/C21H35ClN4/c1-23-21(18-8-3-4-9-19(18)22)11-6-5-10-20(21)24-12-7-13-26-16-14-25(2)15-17-26/h3-4,8-9,20,23-24H,5-7,10-17H2,1-2H3/t20-,21+/m0/s1. The van der Waals surface area contributed by atoms with Crippen LogP contribution in [0.4, 0.5) is 0 Å². The molecule has 2 N–H and O–H groups in total. The summed E-state index contributed by atoms with van der Waals surface area (Å²) in [5.41, 5.74) is 1.20. The summed E-state index contributed by atoms with van der Waals surface area (Å²) < 4.78 is 0.